The maximum absolute atomic E-state index is 2.63. The largest absolute Gasteiger partial charge is 0.311 e. The summed E-state index contributed by atoms with van der Waals surface area (Å²) in [5, 5.41) is 0. The summed E-state index contributed by atoms with van der Waals surface area (Å²) in [6, 6.07) is 121. The summed E-state index contributed by atoms with van der Waals surface area (Å²) in [5.74, 6) is 0. The summed E-state index contributed by atoms with van der Waals surface area (Å²) in [4.78, 5) is 15.2. The van der Waals surface area contributed by atoms with Gasteiger partial charge in [-0.05, 0) is 172 Å². The first kappa shape index (κ1) is 52.6. The molecule has 18 rings (SSSR count). The van der Waals surface area contributed by atoms with Crippen molar-refractivity contribution in [1.82, 2.24) is 0 Å². The van der Waals surface area contributed by atoms with E-state index in [0.29, 0.717) is 0 Å². The molecular weight excluding hydrogens is 1100 g/mol. The Morgan fingerprint density at radius 3 is 1.01 bits per heavy atom. The van der Waals surface area contributed by atoms with Crippen molar-refractivity contribution in [2.75, 3.05) is 29.4 Å². The van der Waals surface area contributed by atoms with Gasteiger partial charge in [0.1, 0.15) is 0 Å². The third-order valence-electron chi connectivity index (χ3n) is 19.5. The lowest BCUT2D eigenvalue weighted by Gasteiger charge is -2.48. The standard InChI is InChI=1S/C83H60B2N6/c1-83(2)68-48-28-27-47-67(68)81-82(83)85-71-56-73-70(55-74(71)90(63-43-23-9-24-44-63)77-53-66(54-78(80(77)85)91(81)64-45-25-10-26-46-64)87(59-35-15-5-16-36-59)60-37-17-6-18-38-60)84-69-49-29-30-50-72(69)88(61-39-19-7-20-40-61)75-51-65(52-76(79(75)84)89(73)62-41-21-8-22-42-62)86(57-31-11-3-12-32-57)58-33-13-4-14-34-58/h3-56H,1-2H3. The molecule has 0 amide bonds. The predicted octanol–water partition coefficient (Wildman–Crippen LogP) is 18.5. The van der Waals surface area contributed by atoms with Gasteiger partial charge in [0.15, 0.2) is 0 Å². The first-order valence-corrected chi connectivity index (χ1v) is 31.7. The molecule has 6 nitrogen and oxygen atoms in total. The Labute approximate surface area is 532 Å². The van der Waals surface area contributed by atoms with Crippen molar-refractivity contribution in [2.24, 2.45) is 0 Å². The van der Waals surface area contributed by atoms with Crippen LogP contribution in [0.4, 0.5) is 96.7 Å². The second kappa shape index (κ2) is 20.8. The first-order valence-electron chi connectivity index (χ1n) is 31.7. The summed E-state index contributed by atoms with van der Waals surface area (Å²) < 4.78 is 0. The monoisotopic (exact) mass is 1160 g/mol. The minimum atomic E-state index is -0.392. The molecular formula is C83H60B2N6. The lowest BCUT2D eigenvalue weighted by atomic mass is 9.29. The quantitative estimate of drug-likeness (QED) is 0.126. The molecule has 4 aliphatic heterocycles. The van der Waals surface area contributed by atoms with Gasteiger partial charge in [0.2, 0.25) is 6.71 Å². The van der Waals surface area contributed by atoms with E-state index in [1.807, 2.05) is 0 Å². The molecule has 0 bridgehead atoms. The van der Waals surface area contributed by atoms with Crippen LogP contribution in [-0.4, -0.2) is 13.4 Å². The Morgan fingerprint density at radius 1 is 0.264 bits per heavy atom. The molecule has 0 N–H and O–H groups in total. The lowest BCUT2D eigenvalue weighted by Crippen LogP contribution is -2.63. The van der Waals surface area contributed by atoms with Crippen molar-refractivity contribution in [2.45, 2.75) is 19.3 Å². The molecule has 0 unspecified atom stereocenters. The Morgan fingerprint density at radius 2 is 0.582 bits per heavy atom. The maximum atomic E-state index is 2.63. The van der Waals surface area contributed by atoms with Gasteiger partial charge < -0.3 is 29.4 Å². The van der Waals surface area contributed by atoms with Crippen LogP contribution in [0.25, 0.3) is 5.70 Å². The SMILES string of the molecule is CC1(C)C2=C(c3ccccc31)N(c1ccccc1)c1cc(N(c3ccccc3)c3ccccc3)cc3c1B2c1cc2c(cc1N3c1ccccc1)B1c3ccccc3N(c3ccccc3)c3cc(N(c4ccccc4)c4ccccc4)cc(c31)N2c1ccccc1. The number of fused-ring (bicyclic) bond motifs is 9. The van der Waals surface area contributed by atoms with E-state index in [2.05, 4.69) is 371 Å². The highest BCUT2D eigenvalue weighted by atomic mass is 15.2. The number of hydrogen-bond acceptors (Lipinski definition) is 6. The molecule has 5 aliphatic rings. The molecule has 4 heterocycles. The van der Waals surface area contributed by atoms with E-state index in [1.54, 1.807) is 0 Å². The summed E-state index contributed by atoms with van der Waals surface area (Å²) in [7, 11) is 0. The van der Waals surface area contributed by atoms with E-state index < -0.39 is 5.41 Å². The molecule has 91 heavy (non-hydrogen) atoms. The predicted molar refractivity (Wildman–Crippen MR) is 385 cm³/mol. The van der Waals surface area contributed by atoms with E-state index in [9.17, 15) is 0 Å². The highest BCUT2D eigenvalue weighted by Gasteiger charge is 2.55. The van der Waals surface area contributed by atoms with E-state index >= 15 is 0 Å². The smallest absolute Gasteiger partial charge is 0.252 e. The van der Waals surface area contributed by atoms with E-state index in [-0.39, 0.29) is 13.4 Å². The van der Waals surface area contributed by atoms with Crippen molar-refractivity contribution in [3.63, 3.8) is 0 Å². The van der Waals surface area contributed by atoms with E-state index in [4.69, 9.17) is 0 Å². The fourth-order valence-corrected chi connectivity index (χ4v) is 15.8. The number of para-hydroxylation sites is 9. The molecule has 0 atom stereocenters. The van der Waals surface area contributed by atoms with Gasteiger partial charge in [-0.2, -0.15) is 0 Å². The first-order chi connectivity index (χ1) is 45.0. The zero-order valence-electron chi connectivity index (χ0n) is 50.5. The van der Waals surface area contributed by atoms with Gasteiger partial charge in [-0.1, -0.05) is 207 Å². The molecule has 0 saturated carbocycles. The van der Waals surface area contributed by atoms with Crippen LogP contribution in [0.1, 0.15) is 25.0 Å². The Hall–Kier alpha value is -11.5. The summed E-state index contributed by atoms with van der Waals surface area (Å²) in [5.41, 5.74) is 30.1. The zero-order chi connectivity index (χ0) is 60.3. The highest BCUT2D eigenvalue weighted by molar-refractivity contribution is 7.01. The van der Waals surface area contributed by atoms with Crippen LogP contribution < -0.4 is 56.7 Å². The van der Waals surface area contributed by atoms with Crippen LogP contribution in [0.5, 0.6) is 0 Å². The third kappa shape index (κ3) is 8.08. The van der Waals surface area contributed by atoms with Gasteiger partial charge in [0.05, 0.1) is 11.4 Å². The number of benzene rings is 13. The van der Waals surface area contributed by atoms with E-state index in [1.165, 1.54) is 55.3 Å². The van der Waals surface area contributed by atoms with Crippen LogP contribution in [0.15, 0.2) is 333 Å². The van der Waals surface area contributed by atoms with Crippen LogP contribution in [0.3, 0.4) is 0 Å². The second-order valence-corrected chi connectivity index (χ2v) is 24.8. The molecule has 0 radical (unpaired) electrons. The number of nitrogens with zero attached hydrogens (tertiary/aromatic N) is 6. The lowest BCUT2D eigenvalue weighted by molar-refractivity contribution is 0.666. The molecule has 8 heteroatoms. The molecule has 13 aromatic carbocycles. The van der Waals surface area contributed by atoms with Crippen molar-refractivity contribution >= 4 is 143 Å². The molecule has 0 fully saturated rings. The fraction of sp³-hybridized carbons (Fsp3) is 0.0361. The topological polar surface area (TPSA) is 19.4 Å². The third-order valence-corrected chi connectivity index (χ3v) is 19.5. The van der Waals surface area contributed by atoms with Crippen LogP contribution in [-0.2, 0) is 5.41 Å². The van der Waals surface area contributed by atoms with Gasteiger partial charge in [-0.25, -0.2) is 0 Å². The fourth-order valence-electron chi connectivity index (χ4n) is 15.8. The maximum Gasteiger partial charge on any atom is 0.252 e. The second-order valence-electron chi connectivity index (χ2n) is 24.8. The Kier molecular flexibility index (Phi) is 12.0. The molecule has 0 spiro atoms. The van der Waals surface area contributed by atoms with Crippen molar-refractivity contribution in [3.05, 3.63) is 344 Å². The number of allylic oxidation sites excluding steroid dienone is 1. The minimum absolute atomic E-state index is 0.174. The van der Waals surface area contributed by atoms with Crippen molar-refractivity contribution in [1.29, 1.82) is 0 Å². The molecule has 428 valence electrons. The highest BCUT2D eigenvalue weighted by Crippen LogP contribution is 2.58. The van der Waals surface area contributed by atoms with Crippen molar-refractivity contribution in [3.8, 4) is 0 Å². The van der Waals surface area contributed by atoms with Gasteiger partial charge in [0, 0.05) is 102 Å². The number of rotatable bonds is 10. The summed E-state index contributed by atoms with van der Waals surface area (Å²) >= 11 is 0. The molecule has 1 aliphatic carbocycles. The normalized spacial score (nSPS) is 14.2. The van der Waals surface area contributed by atoms with Crippen LogP contribution in [0.2, 0.25) is 0 Å². The minimum Gasteiger partial charge on any atom is -0.311 e. The Balaban J connectivity index is 0.985. The van der Waals surface area contributed by atoms with Gasteiger partial charge in [-0.15, -0.1) is 0 Å². The van der Waals surface area contributed by atoms with Crippen LogP contribution >= 0.6 is 0 Å². The van der Waals surface area contributed by atoms with Gasteiger partial charge in [0.25, 0.3) is 6.71 Å². The van der Waals surface area contributed by atoms with Gasteiger partial charge >= 0.3 is 0 Å². The number of hydrogen-bond donors (Lipinski definition) is 0. The Bertz CT molecular complexity index is 4920. The molecule has 13 aromatic rings. The van der Waals surface area contributed by atoms with Crippen LogP contribution in [0, 0.1) is 0 Å². The van der Waals surface area contributed by atoms with Gasteiger partial charge in [-0.3, -0.25) is 0 Å². The summed E-state index contributed by atoms with van der Waals surface area (Å²) in [6.45, 7) is 4.59. The van der Waals surface area contributed by atoms with Crippen molar-refractivity contribution < 1.29 is 0 Å². The molecule has 0 aromatic heterocycles. The molecule has 0 saturated heterocycles. The zero-order valence-corrected chi connectivity index (χ0v) is 50.5. The van der Waals surface area contributed by atoms with E-state index in [0.717, 1.165) is 91.0 Å². The number of anilines is 17. The average Bonchev–Trinajstić information content (AvgIpc) is 1.68. The summed E-state index contributed by atoms with van der Waals surface area (Å²) in [6.07, 6.45) is 0. The average molecular weight is 1160 g/mol.